The molecule has 0 saturated heterocycles. The van der Waals surface area contributed by atoms with Gasteiger partial charge in [-0.1, -0.05) is 79.5 Å². The number of halogens is 5. The summed E-state index contributed by atoms with van der Waals surface area (Å²) in [7, 11) is 0. The molecule has 4 nitrogen and oxygen atoms in total. The van der Waals surface area contributed by atoms with E-state index in [1.165, 1.54) is 12.1 Å². The van der Waals surface area contributed by atoms with E-state index in [1.807, 2.05) is 38.1 Å². The third-order valence-electron chi connectivity index (χ3n) is 4.84. The van der Waals surface area contributed by atoms with Crippen LogP contribution in [0.4, 0.5) is 13.2 Å². The molecule has 0 unspecified atom stereocenters. The van der Waals surface area contributed by atoms with Crippen LogP contribution in [0.1, 0.15) is 35.6 Å². The molecule has 0 aliphatic carbocycles. The van der Waals surface area contributed by atoms with Crippen LogP contribution < -0.4 is 4.74 Å². The summed E-state index contributed by atoms with van der Waals surface area (Å²) in [5.41, 5.74) is 1.58. The average Bonchev–Trinajstić information content (AvgIpc) is 3.29. The molecule has 4 aromatic rings. The van der Waals surface area contributed by atoms with E-state index in [0.717, 1.165) is 28.2 Å². The minimum absolute atomic E-state index is 0.130. The molecule has 0 aliphatic heterocycles. The van der Waals surface area contributed by atoms with Crippen molar-refractivity contribution in [2.45, 2.75) is 26.6 Å². The van der Waals surface area contributed by atoms with Gasteiger partial charge in [0.1, 0.15) is 24.3 Å². The molecule has 0 bridgehead atoms. The summed E-state index contributed by atoms with van der Waals surface area (Å²) in [6.45, 7) is 3.80. The molecule has 0 atom stereocenters. The van der Waals surface area contributed by atoms with Gasteiger partial charge in [0.25, 0.3) is 0 Å². The number of alkyl halides is 3. The number of ether oxygens (including phenoxy) is 1. The van der Waals surface area contributed by atoms with E-state index in [9.17, 15) is 18.0 Å². The minimum atomic E-state index is -4.64. The number of aromatic nitrogens is 2. The summed E-state index contributed by atoms with van der Waals surface area (Å²) in [6, 6.07) is 19.6. The first kappa shape index (κ1) is 26.3. The number of carbonyl (C=O) groups excluding carboxylic acids is 1. The standard InChI is InChI=1S/C24H15Cl2F3N2O2.C2H6/c25-20-2-1-3-21(26)23(20)31-18(12-22(30-31)24(27,28)29)14-33-19-10-8-17(9-11-19)16-6-4-15(13-32)5-7-16;1-2/h1-13H,14H2;1-2H3. The van der Waals surface area contributed by atoms with Crippen LogP contribution in [-0.2, 0) is 12.8 Å². The Morgan fingerprint density at radius 1 is 0.914 bits per heavy atom. The maximum absolute atomic E-state index is 13.3. The van der Waals surface area contributed by atoms with Crippen molar-refractivity contribution in [1.82, 2.24) is 9.78 Å². The fourth-order valence-corrected chi connectivity index (χ4v) is 3.76. The largest absolute Gasteiger partial charge is 0.487 e. The Bertz CT molecular complexity index is 1270. The maximum atomic E-state index is 13.3. The van der Waals surface area contributed by atoms with Gasteiger partial charge in [-0.15, -0.1) is 0 Å². The van der Waals surface area contributed by atoms with Crippen LogP contribution in [0, 0.1) is 0 Å². The van der Waals surface area contributed by atoms with Gasteiger partial charge >= 0.3 is 6.18 Å². The van der Waals surface area contributed by atoms with Crippen molar-refractivity contribution in [2.75, 3.05) is 0 Å². The van der Waals surface area contributed by atoms with Crippen molar-refractivity contribution in [3.63, 3.8) is 0 Å². The number of hydrogen-bond donors (Lipinski definition) is 0. The second-order valence-corrected chi connectivity index (χ2v) is 7.87. The zero-order valence-corrected chi connectivity index (χ0v) is 20.3. The summed E-state index contributed by atoms with van der Waals surface area (Å²) in [5.74, 6) is 0.454. The van der Waals surface area contributed by atoms with E-state index in [2.05, 4.69) is 5.10 Å². The fraction of sp³-hybridized carbons (Fsp3) is 0.154. The number of hydrogen-bond acceptors (Lipinski definition) is 3. The Labute approximate surface area is 210 Å². The molecule has 0 saturated carbocycles. The van der Waals surface area contributed by atoms with Gasteiger partial charge in [-0.2, -0.15) is 18.3 Å². The summed E-state index contributed by atoms with van der Waals surface area (Å²) >= 11 is 12.4. The molecule has 182 valence electrons. The molecule has 0 radical (unpaired) electrons. The van der Waals surface area contributed by atoms with E-state index in [1.54, 1.807) is 30.3 Å². The van der Waals surface area contributed by atoms with Gasteiger partial charge in [0, 0.05) is 5.56 Å². The molecule has 9 heteroatoms. The van der Waals surface area contributed by atoms with Crippen LogP contribution in [0.2, 0.25) is 10.0 Å². The lowest BCUT2D eigenvalue weighted by atomic mass is 10.0. The zero-order valence-electron chi connectivity index (χ0n) is 18.8. The quantitative estimate of drug-likeness (QED) is 0.240. The summed E-state index contributed by atoms with van der Waals surface area (Å²) in [4.78, 5) is 10.8. The fourth-order valence-electron chi connectivity index (χ4n) is 3.20. The molecule has 4 rings (SSSR count). The number of carbonyl (C=O) groups is 1. The molecule has 1 aromatic heterocycles. The second kappa shape index (κ2) is 11.4. The number of aldehydes is 1. The maximum Gasteiger partial charge on any atom is 0.435 e. The number of benzene rings is 3. The second-order valence-electron chi connectivity index (χ2n) is 7.05. The predicted octanol–water partition coefficient (Wildman–Crippen LogP) is 8.28. The smallest absolute Gasteiger partial charge is 0.435 e. The zero-order chi connectivity index (χ0) is 25.6. The van der Waals surface area contributed by atoms with E-state index >= 15 is 0 Å². The molecule has 3 aromatic carbocycles. The third-order valence-corrected chi connectivity index (χ3v) is 5.45. The summed E-state index contributed by atoms with van der Waals surface area (Å²) < 4.78 is 46.7. The summed E-state index contributed by atoms with van der Waals surface area (Å²) in [5, 5.41) is 3.99. The third kappa shape index (κ3) is 6.24. The highest BCUT2D eigenvalue weighted by molar-refractivity contribution is 6.37. The Kier molecular flexibility index (Phi) is 8.59. The lowest BCUT2D eigenvalue weighted by molar-refractivity contribution is -0.141. The van der Waals surface area contributed by atoms with Gasteiger partial charge in [0.05, 0.1) is 15.7 Å². The minimum Gasteiger partial charge on any atom is -0.487 e. The van der Waals surface area contributed by atoms with Crippen LogP contribution in [0.5, 0.6) is 5.75 Å². The van der Waals surface area contributed by atoms with Crippen LogP contribution in [-0.4, -0.2) is 16.1 Å². The molecule has 35 heavy (non-hydrogen) atoms. The summed E-state index contributed by atoms with van der Waals surface area (Å²) in [6.07, 6.45) is -3.87. The first-order valence-electron chi connectivity index (χ1n) is 10.7. The van der Waals surface area contributed by atoms with Gasteiger partial charge in [-0.3, -0.25) is 4.79 Å². The van der Waals surface area contributed by atoms with Crippen LogP contribution >= 0.6 is 23.2 Å². The predicted molar refractivity (Wildman–Crippen MR) is 132 cm³/mol. The van der Waals surface area contributed by atoms with E-state index < -0.39 is 11.9 Å². The highest BCUT2D eigenvalue weighted by atomic mass is 35.5. The monoisotopic (exact) mass is 520 g/mol. The van der Waals surface area contributed by atoms with Crippen molar-refractivity contribution >= 4 is 29.5 Å². The molecule has 0 spiro atoms. The lowest BCUT2D eigenvalue weighted by Crippen LogP contribution is -2.09. The molecule has 0 N–H and O–H groups in total. The van der Waals surface area contributed by atoms with Crippen molar-refractivity contribution in [1.29, 1.82) is 0 Å². The van der Waals surface area contributed by atoms with E-state index in [-0.39, 0.29) is 28.0 Å². The van der Waals surface area contributed by atoms with Gasteiger partial charge < -0.3 is 4.74 Å². The van der Waals surface area contributed by atoms with E-state index in [4.69, 9.17) is 27.9 Å². The van der Waals surface area contributed by atoms with Gasteiger partial charge in [-0.25, -0.2) is 4.68 Å². The van der Waals surface area contributed by atoms with Crippen molar-refractivity contribution in [2.24, 2.45) is 0 Å². The lowest BCUT2D eigenvalue weighted by Gasteiger charge is -2.12. The van der Waals surface area contributed by atoms with Gasteiger partial charge in [0.2, 0.25) is 0 Å². The SMILES string of the molecule is CC.O=Cc1ccc(-c2ccc(OCc3cc(C(F)(F)F)nn3-c3c(Cl)cccc3Cl)cc2)cc1. The molecule has 0 amide bonds. The molecule has 0 aliphatic rings. The number of para-hydroxylation sites is 1. The Balaban J connectivity index is 0.00000167. The molecular weight excluding hydrogens is 500 g/mol. The topological polar surface area (TPSA) is 44.1 Å². The Morgan fingerprint density at radius 2 is 1.46 bits per heavy atom. The molecule has 1 heterocycles. The average molecular weight is 521 g/mol. The Morgan fingerprint density at radius 3 is 1.97 bits per heavy atom. The van der Waals surface area contributed by atoms with Crippen molar-refractivity contribution < 1.29 is 22.7 Å². The molecular formula is C26H21Cl2F3N2O2. The Hall–Kier alpha value is -3.29. The highest BCUT2D eigenvalue weighted by Gasteiger charge is 2.35. The number of nitrogens with zero attached hydrogens (tertiary/aromatic N) is 2. The first-order chi connectivity index (χ1) is 16.8. The highest BCUT2D eigenvalue weighted by Crippen LogP contribution is 2.34. The van der Waals surface area contributed by atoms with Crippen LogP contribution in [0.3, 0.4) is 0 Å². The first-order valence-corrected chi connectivity index (χ1v) is 11.4. The normalized spacial score (nSPS) is 10.9. The van der Waals surface area contributed by atoms with E-state index in [0.29, 0.717) is 11.3 Å². The number of rotatable bonds is 6. The van der Waals surface area contributed by atoms with Crippen LogP contribution in [0.15, 0.2) is 72.8 Å². The van der Waals surface area contributed by atoms with Gasteiger partial charge in [0.15, 0.2) is 5.69 Å². The van der Waals surface area contributed by atoms with Crippen molar-refractivity contribution in [3.8, 4) is 22.6 Å². The van der Waals surface area contributed by atoms with Crippen LogP contribution in [0.25, 0.3) is 16.8 Å². The molecule has 0 fully saturated rings. The van der Waals surface area contributed by atoms with Gasteiger partial charge in [-0.05, 0) is 41.5 Å². The van der Waals surface area contributed by atoms with Crippen molar-refractivity contribution in [3.05, 3.63) is 99.8 Å².